The molecule has 0 bridgehead atoms. The van der Waals surface area contributed by atoms with Gasteiger partial charge in [-0.1, -0.05) is 62.4 Å². The third kappa shape index (κ3) is 6.45. The van der Waals surface area contributed by atoms with Crippen LogP contribution >= 0.6 is 11.8 Å². The number of carbonyl (C=O) groups excluding carboxylic acids is 1. The average molecular weight is 515 g/mol. The Morgan fingerprint density at radius 1 is 1.03 bits per heavy atom. The van der Waals surface area contributed by atoms with Gasteiger partial charge in [-0.05, 0) is 36.2 Å². The third-order valence-corrected chi connectivity index (χ3v) is 7.93. The molecule has 2 atom stereocenters. The molecule has 0 aliphatic heterocycles. The molecular weight excluding hydrogens is 482 g/mol. The summed E-state index contributed by atoms with van der Waals surface area (Å²) in [6.45, 7) is 4.81. The minimum Gasteiger partial charge on any atom is -0.497 e. The number of rotatable bonds is 11. The van der Waals surface area contributed by atoms with Gasteiger partial charge < -0.3 is 14.6 Å². The molecule has 1 unspecified atom stereocenters. The summed E-state index contributed by atoms with van der Waals surface area (Å²) in [5.74, 6) is -0.919. The van der Waals surface area contributed by atoms with Gasteiger partial charge in [0.1, 0.15) is 29.6 Å². The van der Waals surface area contributed by atoms with Crippen molar-refractivity contribution < 1.29 is 28.2 Å². The fraction of sp³-hybridized carbons (Fsp3) is 0.345. The van der Waals surface area contributed by atoms with Gasteiger partial charge in [0.2, 0.25) is 0 Å². The molecule has 3 rings (SSSR count). The lowest BCUT2D eigenvalue weighted by Gasteiger charge is -2.42. The van der Waals surface area contributed by atoms with Gasteiger partial charge in [-0.15, -0.1) is 0 Å². The molecule has 0 fully saturated rings. The van der Waals surface area contributed by atoms with Gasteiger partial charge in [0, 0.05) is 28.6 Å². The van der Waals surface area contributed by atoms with Crippen LogP contribution in [0.15, 0.2) is 72.8 Å². The first-order valence-corrected chi connectivity index (χ1v) is 12.8. The Balaban J connectivity index is 1.80. The fourth-order valence-corrected chi connectivity index (χ4v) is 5.19. The smallest absolute Gasteiger partial charge is 0.313 e. The minimum absolute atomic E-state index is 0.112. The van der Waals surface area contributed by atoms with Crippen LogP contribution in [0.1, 0.15) is 43.4 Å². The number of aliphatic hydroxyl groups is 1. The second kappa shape index (κ2) is 11.9. The first-order chi connectivity index (χ1) is 17.1. The number of hydrogen-bond acceptors (Lipinski definition) is 5. The molecule has 0 amide bonds. The zero-order valence-corrected chi connectivity index (χ0v) is 21.8. The molecule has 0 heterocycles. The highest BCUT2D eigenvalue weighted by atomic mass is 32.2. The molecule has 0 aliphatic rings. The van der Waals surface area contributed by atoms with E-state index >= 15 is 0 Å². The summed E-state index contributed by atoms with van der Waals surface area (Å²) in [6, 6.07) is 19.8. The van der Waals surface area contributed by atoms with E-state index in [1.807, 2.05) is 54.6 Å². The highest BCUT2D eigenvalue weighted by molar-refractivity contribution is 7.98. The highest BCUT2D eigenvalue weighted by Crippen LogP contribution is 2.44. The Morgan fingerprint density at radius 3 is 2.31 bits per heavy atom. The van der Waals surface area contributed by atoms with Gasteiger partial charge in [0.05, 0.1) is 13.0 Å². The molecular formula is C29H32F2O4S. The summed E-state index contributed by atoms with van der Waals surface area (Å²) in [6.07, 6.45) is 0. The normalized spacial score (nSPS) is 14.1. The van der Waals surface area contributed by atoms with Crippen molar-refractivity contribution in [3.63, 3.8) is 0 Å². The van der Waals surface area contributed by atoms with Crippen molar-refractivity contribution in [1.82, 2.24) is 0 Å². The zero-order valence-electron chi connectivity index (χ0n) is 21.0. The average Bonchev–Trinajstić information content (AvgIpc) is 2.87. The summed E-state index contributed by atoms with van der Waals surface area (Å²) < 4.78 is 39.3. The lowest BCUT2D eigenvalue weighted by Crippen LogP contribution is -2.48. The molecule has 3 aromatic carbocycles. The van der Waals surface area contributed by atoms with Gasteiger partial charge >= 0.3 is 5.97 Å². The molecule has 3 aromatic rings. The maximum absolute atomic E-state index is 14.9. The van der Waals surface area contributed by atoms with E-state index in [2.05, 4.69) is 0 Å². The molecule has 7 heteroatoms. The largest absolute Gasteiger partial charge is 0.497 e. The van der Waals surface area contributed by atoms with Gasteiger partial charge in [-0.25, -0.2) is 8.78 Å². The van der Waals surface area contributed by atoms with Crippen molar-refractivity contribution >= 4 is 17.7 Å². The Kier molecular flexibility index (Phi) is 9.14. The van der Waals surface area contributed by atoms with Crippen molar-refractivity contribution in [2.45, 2.75) is 38.0 Å². The molecule has 0 spiro atoms. The molecule has 0 saturated carbocycles. The van der Waals surface area contributed by atoms with Crippen LogP contribution in [0.3, 0.4) is 0 Å². The van der Waals surface area contributed by atoms with E-state index in [4.69, 9.17) is 9.47 Å². The van der Waals surface area contributed by atoms with Crippen LogP contribution in [0.2, 0.25) is 0 Å². The molecule has 0 radical (unpaired) electrons. The maximum atomic E-state index is 14.9. The van der Waals surface area contributed by atoms with Crippen molar-refractivity contribution in [3.8, 4) is 5.75 Å². The third-order valence-electron chi connectivity index (χ3n) is 6.46. The summed E-state index contributed by atoms with van der Waals surface area (Å²) in [5, 5.41) is 11.9. The van der Waals surface area contributed by atoms with Gasteiger partial charge in [-0.2, -0.15) is 11.8 Å². The van der Waals surface area contributed by atoms with Crippen LogP contribution in [0.5, 0.6) is 5.75 Å². The standard InChI is InChI=1S/C29H32F2O4S/c1-20(22-8-6-5-7-9-22)27(32)35-18-29(33,25-15-12-23(30)16-26(25)31)28(2,3)19-36-17-21-10-13-24(34-4)14-11-21/h5-16,20,33H,17-19H2,1-4H3/t20-,29?/m0/s1. The number of hydrogen-bond donors (Lipinski definition) is 1. The van der Waals surface area contributed by atoms with E-state index in [0.29, 0.717) is 11.5 Å². The summed E-state index contributed by atoms with van der Waals surface area (Å²) in [4.78, 5) is 12.8. The predicted octanol–water partition coefficient (Wildman–Crippen LogP) is 6.47. The summed E-state index contributed by atoms with van der Waals surface area (Å²) in [7, 11) is 1.61. The van der Waals surface area contributed by atoms with Crippen LogP contribution in [0.4, 0.5) is 8.78 Å². The van der Waals surface area contributed by atoms with Gasteiger partial charge in [0.25, 0.3) is 0 Å². The molecule has 36 heavy (non-hydrogen) atoms. The zero-order chi connectivity index (χ0) is 26.3. The molecule has 0 aromatic heterocycles. The van der Waals surface area contributed by atoms with E-state index in [1.54, 1.807) is 39.6 Å². The van der Waals surface area contributed by atoms with E-state index in [0.717, 1.165) is 29.0 Å². The Bertz CT molecular complexity index is 1150. The van der Waals surface area contributed by atoms with Crippen molar-refractivity contribution in [2.24, 2.45) is 5.41 Å². The fourth-order valence-electron chi connectivity index (χ4n) is 3.91. The second-order valence-corrected chi connectivity index (χ2v) is 10.4. The lowest BCUT2D eigenvalue weighted by atomic mass is 9.72. The van der Waals surface area contributed by atoms with Crippen LogP contribution < -0.4 is 4.74 Å². The first-order valence-electron chi connectivity index (χ1n) is 11.7. The predicted molar refractivity (Wildman–Crippen MR) is 139 cm³/mol. The number of methoxy groups -OCH3 is 1. The van der Waals surface area contributed by atoms with E-state index < -0.39 is 41.1 Å². The molecule has 0 aliphatic carbocycles. The van der Waals surface area contributed by atoms with Crippen molar-refractivity contribution in [3.05, 3.63) is 101 Å². The quantitative estimate of drug-likeness (QED) is 0.297. The van der Waals surface area contributed by atoms with E-state index in [-0.39, 0.29) is 5.56 Å². The molecule has 0 saturated heterocycles. The highest BCUT2D eigenvalue weighted by Gasteiger charge is 2.48. The number of ether oxygens (including phenoxy) is 2. The number of carbonyl (C=O) groups is 1. The summed E-state index contributed by atoms with van der Waals surface area (Å²) in [5.41, 5.74) is -1.12. The Morgan fingerprint density at radius 2 is 1.69 bits per heavy atom. The topological polar surface area (TPSA) is 55.8 Å². The molecule has 4 nitrogen and oxygen atoms in total. The van der Waals surface area contributed by atoms with Crippen molar-refractivity contribution in [2.75, 3.05) is 19.5 Å². The minimum atomic E-state index is -1.90. The SMILES string of the molecule is COc1ccc(CSCC(C)(C)C(O)(COC(=O)[C@@H](C)c2ccccc2)c2ccc(F)cc2F)cc1. The van der Waals surface area contributed by atoms with Crippen LogP contribution in [-0.2, 0) is 20.9 Å². The second-order valence-electron chi connectivity index (χ2n) is 9.45. The number of thioether (sulfide) groups is 1. The van der Waals surface area contributed by atoms with Gasteiger partial charge in [-0.3, -0.25) is 4.79 Å². The van der Waals surface area contributed by atoms with Gasteiger partial charge in [0.15, 0.2) is 0 Å². The summed E-state index contributed by atoms with van der Waals surface area (Å²) >= 11 is 1.56. The van der Waals surface area contributed by atoms with Crippen LogP contribution in [-0.4, -0.2) is 30.5 Å². The first kappa shape index (κ1) is 27.7. The number of esters is 1. The van der Waals surface area contributed by atoms with Crippen LogP contribution in [0, 0.1) is 17.0 Å². The van der Waals surface area contributed by atoms with E-state index in [9.17, 15) is 18.7 Å². The van der Waals surface area contributed by atoms with Crippen LogP contribution in [0.25, 0.3) is 0 Å². The lowest BCUT2D eigenvalue weighted by molar-refractivity contribution is -0.163. The van der Waals surface area contributed by atoms with Crippen molar-refractivity contribution in [1.29, 1.82) is 0 Å². The Hall–Kier alpha value is -2.90. The number of halogens is 2. The Labute approximate surface area is 215 Å². The monoisotopic (exact) mass is 514 g/mol. The molecule has 1 N–H and O–H groups in total. The number of benzene rings is 3. The molecule has 192 valence electrons. The van der Waals surface area contributed by atoms with E-state index in [1.165, 1.54) is 6.07 Å². The maximum Gasteiger partial charge on any atom is 0.313 e.